The lowest BCUT2D eigenvalue weighted by Gasteiger charge is -2.07. The fourth-order valence-electron chi connectivity index (χ4n) is 1.33. The Hall–Kier alpha value is -1.95. The van der Waals surface area contributed by atoms with E-state index in [9.17, 15) is 9.18 Å². The van der Waals surface area contributed by atoms with Crippen LogP contribution in [-0.2, 0) is 0 Å². The second kappa shape index (κ2) is 5.14. The predicted molar refractivity (Wildman–Crippen MR) is 70.7 cm³/mol. The number of nitrogens with two attached hydrogens (primary N) is 1. The molecule has 1 aromatic heterocycles. The summed E-state index contributed by atoms with van der Waals surface area (Å²) in [4.78, 5) is 15.8. The van der Waals surface area contributed by atoms with Gasteiger partial charge in [-0.3, -0.25) is 4.79 Å². The number of pyridine rings is 1. The van der Waals surface area contributed by atoms with E-state index in [1.54, 1.807) is 12.1 Å². The summed E-state index contributed by atoms with van der Waals surface area (Å²) in [6.45, 7) is 0. The highest BCUT2D eigenvalue weighted by Crippen LogP contribution is 2.20. The molecule has 0 aliphatic rings. The summed E-state index contributed by atoms with van der Waals surface area (Å²) in [6, 6.07) is 7.01. The van der Waals surface area contributed by atoms with Crippen molar-refractivity contribution in [2.45, 2.75) is 0 Å². The lowest BCUT2D eigenvalue weighted by atomic mass is 10.2. The van der Waals surface area contributed by atoms with Crippen molar-refractivity contribution in [2.24, 2.45) is 0 Å². The number of aromatic nitrogens is 1. The van der Waals surface area contributed by atoms with Gasteiger partial charge in [-0.05, 0) is 46.3 Å². The first kappa shape index (κ1) is 12.5. The lowest BCUT2D eigenvalue weighted by molar-refractivity contribution is 0.102. The zero-order valence-corrected chi connectivity index (χ0v) is 10.7. The molecule has 0 aliphatic carbocycles. The Balaban J connectivity index is 2.21. The molecule has 0 aliphatic heterocycles. The van der Waals surface area contributed by atoms with E-state index in [1.807, 2.05) is 0 Å². The number of carbonyl (C=O) groups excluding carboxylic acids is 1. The molecular weight excluding hydrogens is 301 g/mol. The van der Waals surface area contributed by atoms with Crippen LogP contribution in [0, 0.1) is 5.82 Å². The zero-order valence-electron chi connectivity index (χ0n) is 9.15. The number of hydrogen-bond donors (Lipinski definition) is 2. The Labute approximate surface area is 111 Å². The van der Waals surface area contributed by atoms with Gasteiger partial charge in [0.15, 0.2) is 0 Å². The predicted octanol–water partition coefficient (Wildman–Crippen LogP) is 2.82. The van der Waals surface area contributed by atoms with Crippen LogP contribution in [0.2, 0.25) is 0 Å². The summed E-state index contributed by atoms with van der Waals surface area (Å²) in [7, 11) is 0. The molecular formula is C12H9BrFN3O. The van der Waals surface area contributed by atoms with Gasteiger partial charge < -0.3 is 11.1 Å². The average Bonchev–Trinajstić information content (AvgIpc) is 2.34. The Morgan fingerprint density at radius 3 is 2.78 bits per heavy atom. The monoisotopic (exact) mass is 309 g/mol. The highest BCUT2D eigenvalue weighted by atomic mass is 79.9. The van der Waals surface area contributed by atoms with Crippen LogP contribution in [0.3, 0.4) is 0 Å². The number of carbonyl (C=O) groups is 1. The van der Waals surface area contributed by atoms with Crippen LogP contribution in [0.25, 0.3) is 0 Å². The largest absolute Gasteiger partial charge is 0.397 e. The number of rotatable bonds is 2. The third kappa shape index (κ3) is 2.84. The third-order valence-corrected chi connectivity index (χ3v) is 2.69. The molecule has 0 saturated carbocycles. The van der Waals surface area contributed by atoms with E-state index < -0.39 is 11.7 Å². The molecule has 0 spiro atoms. The molecule has 4 nitrogen and oxygen atoms in total. The molecule has 18 heavy (non-hydrogen) atoms. The van der Waals surface area contributed by atoms with E-state index in [-0.39, 0.29) is 11.4 Å². The second-order valence-corrected chi connectivity index (χ2v) is 4.46. The first-order valence-electron chi connectivity index (χ1n) is 5.04. The molecule has 0 atom stereocenters. The quantitative estimate of drug-likeness (QED) is 0.838. The number of nitrogens with zero attached hydrogens (tertiary/aromatic N) is 1. The molecule has 1 aromatic carbocycles. The average molecular weight is 310 g/mol. The van der Waals surface area contributed by atoms with Gasteiger partial charge in [0, 0.05) is 10.7 Å². The van der Waals surface area contributed by atoms with Crippen molar-refractivity contribution in [2.75, 3.05) is 11.1 Å². The van der Waals surface area contributed by atoms with Crippen LogP contribution in [0.5, 0.6) is 0 Å². The number of anilines is 2. The fraction of sp³-hybridized carbons (Fsp3) is 0. The van der Waals surface area contributed by atoms with Gasteiger partial charge in [-0.1, -0.05) is 0 Å². The summed E-state index contributed by atoms with van der Waals surface area (Å²) in [5.74, 6) is -0.914. The number of nitrogens with one attached hydrogen (secondary N) is 1. The summed E-state index contributed by atoms with van der Waals surface area (Å²) < 4.78 is 13.8. The Kier molecular flexibility index (Phi) is 3.57. The van der Waals surface area contributed by atoms with Crippen molar-refractivity contribution < 1.29 is 9.18 Å². The summed E-state index contributed by atoms with van der Waals surface area (Å²) in [6.07, 6.45) is 1.50. The third-order valence-electron chi connectivity index (χ3n) is 2.22. The minimum atomic E-state index is -0.469. The van der Waals surface area contributed by atoms with Crippen molar-refractivity contribution >= 4 is 33.2 Å². The number of benzene rings is 1. The highest BCUT2D eigenvalue weighted by Gasteiger charge is 2.09. The van der Waals surface area contributed by atoms with Gasteiger partial charge in [0.2, 0.25) is 0 Å². The smallest absolute Gasteiger partial charge is 0.274 e. The van der Waals surface area contributed by atoms with Crippen molar-refractivity contribution in [3.05, 3.63) is 52.5 Å². The van der Waals surface area contributed by atoms with Crippen molar-refractivity contribution in [3.63, 3.8) is 0 Å². The van der Waals surface area contributed by atoms with Crippen LogP contribution < -0.4 is 11.1 Å². The number of halogens is 2. The first-order chi connectivity index (χ1) is 8.56. The van der Waals surface area contributed by atoms with Gasteiger partial charge in [0.05, 0.1) is 11.4 Å². The van der Waals surface area contributed by atoms with Crippen LogP contribution in [0.4, 0.5) is 15.8 Å². The Morgan fingerprint density at radius 1 is 1.33 bits per heavy atom. The summed E-state index contributed by atoms with van der Waals surface area (Å²) in [5, 5.41) is 2.51. The fourth-order valence-corrected chi connectivity index (χ4v) is 1.57. The van der Waals surface area contributed by atoms with Gasteiger partial charge in [-0.25, -0.2) is 9.37 Å². The highest BCUT2D eigenvalue weighted by molar-refractivity contribution is 9.10. The van der Waals surface area contributed by atoms with Gasteiger partial charge >= 0.3 is 0 Å². The minimum absolute atomic E-state index is 0.224. The second-order valence-electron chi connectivity index (χ2n) is 3.55. The molecule has 2 aromatic rings. The number of nitrogen functional groups attached to an aromatic ring is 1. The van der Waals surface area contributed by atoms with Gasteiger partial charge in [-0.2, -0.15) is 0 Å². The van der Waals surface area contributed by atoms with Crippen LogP contribution in [0.15, 0.2) is 41.0 Å². The standard InChI is InChI=1S/C12H9BrFN3O/c13-7-1-4-10(16-6-7)12(18)17-11-5-8(14)2-3-9(11)15/h1-6H,15H2,(H,17,18). The maximum absolute atomic E-state index is 13.0. The lowest BCUT2D eigenvalue weighted by Crippen LogP contribution is -2.14. The van der Waals surface area contributed by atoms with E-state index in [2.05, 4.69) is 26.2 Å². The molecule has 0 fully saturated rings. The molecule has 3 N–H and O–H groups in total. The molecule has 92 valence electrons. The molecule has 0 unspecified atom stereocenters. The minimum Gasteiger partial charge on any atom is -0.397 e. The van der Waals surface area contributed by atoms with Crippen LogP contribution in [-0.4, -0.2) is 10.9 Å². The summed E-state index contributed by atoms with van der Waals surface area (Å²) >= 11 is 3.22. The van der Waals surface area contributed by atoms with Crippen LogP contribution in [0.1, 0.15) is 10.5 Å². The Morgan fingerprint density at radius 2 is 2.11 bits per heavy atom. The maximum Gasteiger partial charge on any atom is 0.274 e. The first-order valence-corrected chi connectivity index (χ1v) is 5.83. The zero-order chi connectivity index (χ0) is 13.1. The maximum atomic E-state index is 13.0. The van der Waals surface area contributed by atoms with E-state index >= 15 is 0 Å². The molecule has 1 amide bonds. The van der Waals surface area contributed by atoms with Gasteiger partial charge in [-0.15, -0.1) is 0 Å². The van der Waals surface area contributed by atoms with Gasteiger partial charge in [0.25, 0.3) is 5.91 Å². The summed E-state index contributed by atoms with van der Waals surface area (Å²) in [5.41, 5.74) is 6.37. The van der Waals surface area contributed by atoms with E-state index in [4.69, 9.17) is 5.73 Å². The van der Waals surface area contributed by atoms with Crippen molar-refractivity contribution in [1.82, 2.24) is 4.98 Å². The SMILES string of the molecule is Nc1ccc(F)cc1NC(=O)c1ccc(Br)cn1. The van der Waals surface area contributed by atoms with Crippen LogP contribution >= 0.6 is 15.9 Å². The van der Waals surface area contributed by atoms with Crippen molar-refractivity contribution in [3.8, 4) is 0 Å². The normalized spacial score (nSPS) is 10.1. The molecule has 1 heterocycles. The topological polar surface area (TPSA) is 68.0 Å². The Bertz CT molecular complexity index is 586. The number of amides is 1. The molecule has 0 saturated heterocycles. The number of hydrogen-bond acceptors (Lipinski definition) is 3. The van der Waals surface area contributed by atoms with Crippen molar-refractivity contribution in [1.29, 1.82) is 0 Å². The molecule has 0 bridgehead atoms. The van der Waals surface area contributed by atoms with E-state index in [0.29, 0.717) is 5.69 Å². The molecule has 0 radical (unpaired) electrons. The molecule has 6 heteroatoms. The molecule has 2 rings (SSSR count). The van der Waals surface area contributed by atoms with E-state index in [0.717, 1.165) is 10.5 Å². The van der Waals surface area contributed by atoms with E-state index in [1.165, 1.54) is 18.3 Å². The van der Waals surface area contributed by atoms with Gasteiger partial charge in [0.1, 0.15) is 11.5 Å².